The molecule has 166 valence electrons. The highest BCUT2D eigenvalue weighted by atomic mass is 32.2. The summed E-state index contributed by atoms with van der Waals surface area (Å²) >= 11 is 0. The number of sulfonamides is 1. The van der Waals surface area contributed by atoms with E-state index in [1.807, 2.05) is 30.3 Å². The quantitative estimate of drug-likeness (QED) is 0.653. The van der Waals surface area contributed by atoms with E-state index in [9.17, 15) is 18.0 Å². The molecule has 1 fully saturated rings. The number of carbonyl (C=O) groups excluding carboxylic acids is 2. The molecular formula is C22H27N3O5S. The third kappa shape index (κ3) is 5.30. The molecule has 2 aromatic carbocycles. The summed E-state index contributed by atoms with van der Waals surface area (Å²) in [7, 11) is -3.57. The van der Waals surface area contributed by atoms with Crippen molar-refractivity contribution < 1.29 is 22.8 Å². The summed E-state index contributed by atoms with van der Waals surface area (Å²) in [5, 5.41) is 0. The summed E-state index contributed by atoms with van der Waals surface area (Å²) in [6, 6.07) is 17.5. The third-order valence-corrected chi connectivity index (χ3v) is 7.31. The molecule has 1 N–H and O–H groups in total. The van der Waals surface area contributed by atoms with Crippen LogP contribution in [0.1, 0.15) is 19.4 Å². The fourth-order valence-electron chi connectivity index (χ4n) is 3.29. The van der Waals surface area contributed by atoms with Crippen LogP contribution in [0.5, 0.6) is 0 Å². The second kappa shape index (κ2) is 9.59. The first-order valence-corrected chi connectivity index (χ1v) is 11.5. The first-order valence-electron chi connectivity index (χ1n) is 10.0. The summed E-state index contributed by atoms with van der Waals surface area (Å²) in [6.45, 7) is 4.16. The number of hydroxylamine groups is 1. The highest BCUT2D eigenvalue weighted by molar-refractivity contribution is 7.89. The van der Waals surface area contributed by atoms with Crippen LogP contribution < -0.4 is 5.48 Å². The molecule has 0 atom stereocenters. The Kier molecular flexibility index (Phi) is 7.09. The fraction of sp³-hybridized carbons (Fsp3) is 0.364. The van der Waals surface area contributed by atoms with Crippen LogP contribution in [0.25, 0.3) is 0 Å². The van der Waals surface area contributed by atoms with Gasteiger partial charge in [0.15, 0.2) is 6.61 Å². The van der Waals surface area contributed by atoms with Crippen molar-refractivity contribution in [2.75, 3.05) is 32.8 Å². The fourth-order valence-corrected chi connectivity index (χ4v) is 4.73. The standard InChI is InChI=1S/C22H27N3O5S/c1-22(2,18-9-5-3-6-10-18)21(27)23-30-17-20(26)24-13-15-25(16-14-24)31(28,29)19-11-7-4-8-12-19/h3-12H,13-17H2,1-2H3,(H,23,27). The smallest absolute Gasteiger partial charge is 0.253 e. The van der Waals surface area contributed by atoms with E-state index in [4.69, 9.17) is 4.84 Å². The van der Waals surface area contributed by atoms with Crippen LogP contribution in [0.4, 0.5) is 0 Å². The van der Waals surface area contributed by atoms with Gasteiger partial charge in [0, 0.05) is 26.2 Å². The predicted molar refractivity (Wildman–Crippen MR) is 115 cm³/mol. The SMILES string of the molecule is CC(C)(C(=O)NOCC(=O)N1CCN(S(=O)(=O)c2ccccc2)CC1)c1ccccc1. The van der Waals surface area contributed by atoms with Crippen LogP contribution in [0.15, 0.2) is 65.6 Å². The Morgan fingerprint density at radius 1 is 0.935 bits per heavy atom. The van der Waals surface area contributed by atoms with Gasteiger partial charge in [0.25, 0.3) is 11.8 Å². The number of carbonyl (C=O) groups is 2. The Bertz CT molecular complexity index is 1000. The van der Waals surface area contributed by atoms with Crippen molar-refractivity contribution in [2.24, 2.45) is 0 Å². The van der Waals surface area contributed by atoms with Gasteiger partial charge in [-0.1, -0.05) is 48.5 Å². The molecule has 31 heavy (non-hydrogen) atoms. The molecule has 0 radical (unpaired) electrons. The summed E-state index contributed by atoms with van der Waals surface area (Å²) < 4.78 is 26.7. The third-order valence-electron chi connectivity index (χ3n) is 5.40. The van der Waals surface area contributed by atoms with E-state index < -0.39 is 15.4 Å². The second-order valence-corrected chi connectivity index (χ2v) is 9.75. The summed E-state index contributed by atoms with van der Waals surface area (Å²) in [6.07, 6.45) is 0. The number of piperazine rings is 1. The zero-order chi connectivity index (χ0) is 22.5. The van der Waals surface area contributed by atoms with Crippen molar-refractivity contribution in [3.05, 3.63) is 66.2 Å². The first kappa shape index (κ1) is 22.9. The maximum absolute atomic E-state index is 12.7. The van der Waals surface area contributed by atoms with Gasteiger partial charge in [-0.3, -0.25) is 14.4 Å². The van der Waals surface area contributed by atoms with E-state index in [1.54, 1.807) is 44.2 Å². The van der Waals surface area contributed by atoms with Gasteiger partial charge in [0.05, 0.1) is 10.3 Å². The van der Waals surface area contributed by atoms with E-state index in [0.29, 0.717) is 0 Å². The minimum absolute atomic E-state index is 0.205. The summed E-state index contributed by atoms with van der Waals surface area (Å²) in [5.41, 5.74) is 2.37. The van der Waals surface area contributed by atoms with Crippen molar-refractivity contribution in [1.82, 2.24) is 14.7 Å². The van der Waals surface area contributed by atoms with Gasteiger partial charge in [-0.25, -0.2) is 13.9 Å². The number of amides is 2. The van der Waals surface area contributed by atoms with E-state index in [2.05, 4.69) is 5.48 Å². The molecule has 1 aliphatic rings. The molecule has 0 aromatic heterocycles. The molecule has 0 saturated carbocycles. The Labute approximate surface area is 182 Å². The van der Waals surface area contributed by atoms with E-state index in [1.165, 1.54) is 9.21 Å². The van der Waals surface area contributed by atoms with Crippen molar-refractivity contribution >= 4 is 21.8 Å². The average molecular weight is 446 g/mol. The van der Waals surface area contributed by atoms with Crippen molar-refractivity contribution in [1.29, 1.82) is 0 Å². The number of hydrogen-bond acceptors (Lipinski definition) is 5. The lowest BCUT2D eigenvalue weighted by atomic mass is 9.84. The highest BCUT2D eigenvalue weighted by Gasteiger charge is 2.32. The van der Waals surface area contributed by atoms with Gasteiger partial charge in [-0.15, -0.1) is 0 Å². The van der Waals surface area contributed by atoms with Gasteiger partial charge < -0.3 is 4.90 Å². The van der Waals surface area contributed by atoms with Gasteiger partial charge in [-0.05, 0) is 31.5 Å². The largest absolute Gasteiger partial charge is 0.338 e. The lowest BCUT2D eigenvalue weighted by Gasteiger charge is -2.34. The number of rotatable bonds is 7. The van der Waals surface area contributed by atoms with E-state index in [-0.39, 0.29) is 49.5 Å². The van der Waals surface area contributed by atoms with Crippen LogP contribution in [-0.4, -0.2) is 62.2 Å². The molecule has 0 aliphatic carbocycles. The molecule has 3 rings (SSSR count). The molecule has 9 heteroatoms. The molecule has 2 aromatic rings. The molecule has 1 saturated heterocycles. The van der Waals surface area contributed by atoms with E-state index >= 15 is 0 Å². The maximum Gasteiger partial charge on any atom is 0.253 e. The molecule has 1 heterocycles. The van der Waals surface area contributed by atoms with Gasteiger partial charge in [0.1, 0.15) is 0 Å². The maximum atomic E-state index is 12.7. The van der Waals surface area contributed by atoms with Crippen LogP contribution >= 0.6 is 0 Å². The molecule has 0 unspecified atom stereocenters. The zero-order valence-corrected chi connectivity index (χ0v) is 18.5. The second-order valence-electron chi connectivity index (χ2n) is 7.81. The number of nitrogens with zero attached hydrogens (tertiary/aromatic N) is 2. The molecule has 1 aliphatic heterocycles. The van der Waals surface area contributed by atoms with Crippen LogP contribution in [-0.2, 0) is 29.9 Å². The van der Waals surface area contributed by atoms with Crippen molar-refractivity contribution in [3.8, 4) is 0 Å². The van der Waals surface area contributed by atoms with Crippen LogP contribution in [0.2, 0.25) is 0 Å². The Morgan fingerprint density at radius 3 is 2.06 bits per heavy atom. The van der Waals surface area contributed by atoms with Crippen molar-refractivity contribution in [2.45, 2.75) is 24.2 Å². The molecule has 0 bridgehead atoms. The van der Waals surface area contributed by atoms with E-state index in [0.717, 1.165) is 5.56 Å². The normalized spacial score (nSPS) is 15.5. The predicted octanol–water partition coefficient (Wildman–Crippen LogP) is 1.55. The van der Waals surface area contributed by atoms with Crippen LogP contribution in [0.3, 0.4) is 0 Å². The Morgan fingerprint density at radius 2 is 1.48 bits per heavy atom. The zero-order valence-electron chi connectivity index (χ0n) is 17.7. The number of hydrogen-bond donors (Lipinski definition) is 1. The van der Waals surface area contributed by atoms with Gasteiger partial charge in [-0.2, -0.15) is 4.31 Å². The Hall–Kier alpha value is -2.75. The molecule has 8 nitrogen and oxygen atoms in total. The minimum atomic E-state index is -3.57. The minimum Gasteiger partial charge on any atom is -0.338 e. The molecular weight excluding hydrogens is 418 g/mol. The van der Waals surface area contributed by atoms with Crippen molar-refractivity contribution in [3.63, 3.8) is 0 Å². The first-order chi connectivity index (χ1) is 14.7. The number of benzene rings is 2. The topological polar surface area (TPSA) is 96.0 Å². The van der Waals surface area contributed by atoms with Gasteiger partial charge >= 0.3 is 0 Å². The average Bonchev–Trinajstić information content (AvgIpc) is 2.80. The molecule has 0 spiro atoms. The van der Waals surface area contributed by atoms with Gasteiger partial charge in [0.2, 0.25) is 10.0 Å². The summed E-state index contributed by atoms with van der Waals surface area (Å²) in [4.78, 5) is 31.8. The number of nitrogens with one attached hydrogen (secondary N) is 1. The Balaban J connectivity index is 1.47. The lowest BCUT2D eigenvalue weighted by Crippen LogP contribution is -2.51. The highest BCUT2D eigenvalue weighted by Crippen LogP contribution is 2.23. The lowest BCUT2D eigenvalue weighted by molar-refractivity contribution is -0.147. The summed E-state index contributed by atoms with van der Waals surface area (Å²) in [5.74, 6) is -0.667. The van der Waals surface area contributed by atoms with Crippen LogP contribution in [0, 0.1) is 0 Å². The molecule has 2 amide bonds. The monoisotopic (exact) mass is 445 g/mol.